The maximum atomic E-state index is 12.5. The first-order valence-corrected chi connectivity index (χ1v) is 9.07. The van der Waals surface area contributed by atoms with E-state index >= 15 is 0 Å². The highest BCUT2D eigenvalue weighted by Gasteiger charge is 2.32. The summed E-state index contributed by atoms with van der Waals surface area (Å²) in [7, 11) is 0. The van der Waals surface area contributed by atoms with Gasteiger partial charge in [-0.25, -0.2) is 0 Å². The number of hydrogen-bond acceptors (Lipinski definition) is 6. The number of hydrogen-bond donors (Lipinski definition) is 1. The Kier molecular flexibility index (Phi) is 5.90. The SMILES string of the molecule is CCn1c(SC(C)C(=O)NC(C)(C#N)C(C)C)nnc1-c1ccco1. The summed E-state index contributed by atoms with van der Waals surface area (Å²) in [5.74, 6) is 1.07. The molecule has 0 aromatic carbocycles. The van der Waals surface area contributed by atoms with Crippen molar-refractivity contribution in [2.24, 2.45) is 5.92 Å². The highest BCUT2D eigenvalue weighted by molar-refractivity contribution is 8.00. The first-order chi connectivity index (χ1) is 11.8. The second-order valence-corrected chi connectivity index (χ2v) is 7.55. The van der Waals surface area contributed by atoms with Gasteiger partial charge in [-0.3, -0.25) is 9.36 Å². The fourth-order valence-corrected chi connectivity index (χ4v) is 3.03. The maximum absolute atomic E-state index is 12.5. The lowest BCUT2D eigenvalue weighted by Gasteiger charge is -2.28. The first-order valence-electron chi connectivity index (χ1n) is 8.19. The number of nitrogens with one attached hydrogen (secondary N) is 1. The van der Waals surface area contributed by atoms with Crippen LogP contribution in [-0.2, 0) is 11.3 Å². The number of carbonyl (C=O) groups is 1. The van der Waals surface area contributed by atoms with Crippen LogP contribution in [0.2, 0.25) is 0 Å². The Morgan fingerprint density at radius 2 is 2.20 bits per heavy atom. The largest absolute Gasteiger partial charge is 0.461 e. The number of aromatic nitrogens is 3. The normalized spacial score (nSPS) is 14.8. The van der Waals surface area contributed by atoms with Gasteiger partial charge in [-0.05, 0) is 38.8 Å². The van der Waals surface area contributed by atoms with Gasteiger partial charge in [0.15, 0.2) is 16.7 Å². The van der Waals surface area contributed by atoms with Gasteiger partial charge < -0.3 is 9.73 Å². The fraction of sp³-hybridized carbons (Fsp3) is 0.529. The van der Waals surface area contributed by atoms with Crippen molar-refractivity contribution in [3.63, 3.8) is 0 Å². The van der Waals surface area contributed by atoms with Gasteiger partial charge in [0.05, 0.1) is 17.6 Å². The Labute approximate surface area is 151 Å². The minimum absolute atomic E-state index is 0.00324. The van der Waals surface area contributed by atoms with Crippen molar-refractivity contribution >= 4 is 17.7 Å². The van der Waals surface area contributed by atoms with Crippen LogP contribution in [0.4, 0.5) is 0 Å². The number of nitrogens with zero attached hydrogens (tertiary/aromatic N) is 4. The predicted molar refractivity (Wildman–Crippen MR) is 95.7 cm³/mol. The van der Waals surface area contributed by atoms with E-state index in [4.69, 9.17) is 4.42 Å². The van der Waals surface area contributed by atoms with Crippen LogP contribution in [0.5, 0.6) is 0 Å². The summed E-state index contributed by atoms with van der Waals surface area (Å²) in [4.78, 5) is 12.5. The van der Waals surface area contributed by atoms with Crippen molar-refractivity contribution in [1.82, 2.24) is 20.1 Å². The van der Waals surface area contributed by atoms with Crippen LogP contribution >= 0.6 is 11.8 Å². The quantitative estimate of drug-likeness (QED) is 0.761. The molecule has 2 rings (SSSR count). The molecule has 7 nitrogen and oxygen atoms in total. The lowest BCUT2D eigenvalue weighted by Crippen LogP contribution is -2.51. The van der Waals surface area contributed by atoms with Gasteiger partial charge >= 0.3 is 0 Å². The molecule has 2 unspecified atom stereocenters. The van der Waals surface area contributed by atoms with E-state index in [9.17, 15) is 10.1 Å². The van der Waals surface area contributed by atoms with Gasteiger partial charge in [-0.1, -0.05) is 25.6 Å². The Bertz CT molecular complexity index is 763. The van der Waals surface area contributed by atoms with Crippen LogP contribution in [0.3, 0.4) is 0 Å². The minimum atomic E-state index is -0.899. The highest BCUT2D eigenvalue weighted by Crippen LogP contribution is 2.27. The van der Waals surface area contributed by atoms with Crippen molar-refractivity contribution < 1.29 is 9.21 Å². The number of rotatable bonds is 7. The highest BCUT2D eigenvalue weighted by atomic mass is 32.2. The van der Waals surface area contributed by atoms with E-state index < -0.39 is 10.8 Å². The third-order valence-electron chi connectivity index (χ3n) is 4.20. The predicted octanol–water partition coefficient (Wildman–Crippen LogP) is 3.09. The van der Waals surface area contributed by atoms with Crippen LogP contribution in [-0.4, -0.2) is 31.5 Å². The van der Waals surface area contributed by atoms with Gasteiger partial charge in [0, 0.05) is 6.54 Å². The van der Waals surface area contributed by atoms with E-state index in [2.05, 4.69) is 21.6 Å². The summed E-state index contributed by atoms with van der Waals surface area (Å²) in [5, 5.41) is 20.8. The van der Waals surface area contributed by atoms with Crippen molar-refractivity contribution in [2.75, 3.05) is 0 Å². The lowest BCUT2D eigenvalue weighted by molar-refractivity contribution is -0.121. The molecule has 0 saturated carbocycles. The van der Waals surface area contributed by atoms with Crippen LogP contribution in [0.25, 0.3) is 11.6 Å². The van der Waals surface area contributed by atoms with E-state index in [0.29, 0.717) is 23.3 Å². The molecular formula is C17H23N5O2S. The third-order valence-corrected chi connectivity index (χ3v) is 5.28. The van der Waals surface area contributed by atoms with Crippen molar-refractivity contribution in [1.29, 1.82) is 5.26 Å². The van der Waals surface area contributed by atoms with E-state index in [-0.39, 0.29) is 11.8 Å². The lowest BCUT2D eigenvalue weighted by atomic mass is 9.90. The van der Waals surface area contributed by atoms with Gasteiger partial charge in [0.25, 0.3) is 0 Å². The number of carbonyl (C=O) groups excluding carboxylic acids is 1. The molecule has 2 heterocycles. The Morgan fingerprint density at radius 1 is 1.48 bits per heavy atom. The van der Waals surface area contributed by atoms with E-state index in [1.54, 1.807) is 26.2 Å². The molecule has 0 aliphatic heterocycles. The van der Waals surface area contributed by atoms with Gasteiger partial charge in [-0.15, -0.1) is 10.2 Å². The number of nitriles is 1. The molecule has 25 heavy (non-hydrogen) atoms. The summed E-state index contributed by atoms with van der Waals surface area (Å²) < 4.78 is 7.29. The third kappa shape index (κ3) is 4.04. The van der Waals surface area contributed by atoms with Crippen molar-refractivity contribution in [2.45, 2.75) is 57.1 Å². The van der Waals surface area contributed by atoms with E-state index in [0.717, 1.165) is 0 Å². The summed E-state index contributed by atoms with van der Waals surface area (Å²) >= 11 is 1.31. The van der Waals surface area contributed by atoms with Gasteiger partial charge in [-0.2, -0.15) is 5.26 Å². The molecule has 8 heteroatoms. The monoisotopic (exact) mass is 361 g/mol. The van der Waals surface area contributed by atoms with Gasteiger partial charge in [0.1, 0.15) is 5.54 Å². The van der Waals surface area contributed by atoms with Crippen LogP contribution < -0.4 is 5.32 Å². The van der Waals surface area contributed by atoms with Crippen molar-refractivity contribution in [3.8, 4) is 17.7 Å². The molecule has 1 amide bonds. The van der Waals surface area contributed by atoms with Crippen molar-refractivity contribution in [3.05, 3.63) is 18.4 Å². The molecule has 0 aliphatic carbocycles. The molecule has 134 valence electrons. The Balaban J connectivity index is 2.14. The Hall–Kier alpha value is -2.27. The second-order valence-electron chi connectivity index (χ2n) is 6.25. The first kappa shape index (κ1) is 19.1. The second kappa shape index (κ2) is 7.74. The molecule has 0 spiro atoms. The molecule has 0 aliphatic rings. The molecule has 2 aromatic rings. The molecule has 2 atom stereocenters. The topological polar surface area (TPSA) is 96.7 Å². The molecule has 0 bridgehead atoms. The maximum Gasteiger partial charge on any atom is 0.234 e. The summed E-state index contributed by atoms with van der Waals surface area (Å²) in [6, 6.07) is 5.80. The summed E-state index contributed by atoms with van der Waals surface area (Å²) in [6.07, 6.45) is 1.58. The van der Waals surface area contributed by atoms with E-state index in [1.807, 2.05) is 31.4 Å². The minimum Gasteiger partial charge on any atom is -0.461 e. The number of thioether (sulfide) groups is 1. The summed E-state index contributed by atoms with van der Waals surface area (Å²) in [5.41, 5.74) is -0.899. The average Bonchev–Trinajstić information content (AvgIpc) is 3.23. The molecule has 0 saturated heterocycles. The average molecular weight is 361 g/mol. The molecule has 1 N–H and O–H groups in total. The zero-order valence-corrected chi connectivity index (χ0v) is 15.9. The molecule has 0 radical (unpaired) electrons. The smallest absolute Gasteiger partial charge is 0.234 e. The van der Waals surface area contributed by atoms with Crippen LogP contribution in [0.1, 0.15) is 34.6 Å². The van der Waals surface area contributed by atoms with Crippen LogP contribution in [0, 0.1) is 17.2 Å². The fourth-order valence-electron chi connectivity index (χ4n) is 2.12. The number of amides is 1. The zero-order chi connectivity index (χ0) is 18.6. The standard InChI is InChI=1S/C17H23N5O2S/c1-6-22-14(13-8-7-9-24-13)20-21-16(22)25-12(4)15(23)19-17(5,10-18)11(2)3/h7-9,11-12H,6H2,1-5H3,(H,19,23). The van der Waals surface area contributed by atoms with E-state index in [1.165, 1.54) is 11.8 Å². The van der Waals surface area contributed by atoms with Gasteiger partial charge in [0.2, 0.25) is 5.91 Å². The molecule has 2 aromatic heterocycles. The molecule has 0 fully saturated rings. The number of furan rings is 1. The zero-order valence-electron chi connectivity index (χ0n) is 15.1. The molecular weight excluding hydrogens is 338 g/mol. The summed E-state index contributed by atoms with van der Waals surface area (Å²) in [6.45, 7) is 9.98. The Morgan fingerprint density at radius 3 is 2.72 bits per heavy atom. The van der Waals surface area contributed by atoms with Crippen LogP contribution in [0.15, 0.2) is 28.0 Å².